The van der Waals surface area contributed by atoms with Crippen LogP contribution in [0, 0.1) is 0 Å². The highest BCUT2D eigenvalue weighted by Crippen LogP contribution is 2.25. The molecule has 0 fully saturated rings. The third kappa shape index (κ3) is 5.22. The minimum Gasteiger partial charge on any atom is -0.478 e. The zero-order valence-electron chi connectivity index (χ0n) is 18.4. The molecule has 5 nitrogen and oxygen atoms in total. The van der Waals surface area contributed by atoms with Crippen LogP contribution in [-0.4, -0.2) is 28.9 Å². The van der Waals surface area contributed by atoms with Crippen molar-refractivity contribution < 1.29 is 14.7 Å². The first-order chi connectivity index (χ1) is 16.4. The second-order valence-electron chi connectivity index (χ2n) is 7.62. The van der Waals surface area contributed by atoms with E-state index in [1.54, 1.807) is 48.7 Å². The molecule has 0 saturated heterocycles. The Balaban J connectivity index is 1.56. The predicted octanol–water partition coefficient (Wildman–Crippen LogP) is 6.60. The molecule has 0 amide bonds. The van der Waals surface area contributed by atoms with Crippen LogP contribution in [0.1, 0.15) is 37.5 Å². The molecule has 0 radical (unpaired) electrons. The first-order valence-corrected chi connectivity index (χ1v) is 10.9. The number of rotatable bonds is 7. The maximum absolute atomic E-state index is 13.0. The lowest BCUT2D eigenvalue weighted by Gasteiger charge is -2.19. The van der Waals surface area contributed by atoms with Crippen molar-refractivity contribution in [2.45, 2.75) is 0 Å². The molecule has 4 aromatic rings. The molecule has 168 valence electrons. The zero-order valence-corrected chi connectivity index (χ0v) is 19.1. The summed E-state index contributed by atoms with van der Waals surface area (Å²) in [5.41, 5.74) is 3.74. The van der Waals surface area contributed by atoms with Gasteiger partial charge in [-0.1, -0.05) is 66.2 Å². The zero-order chi connectivity index (χ0) is 24.1. The highest BCUT2D eigenvalue weighted by atomic mass is 35.5. The molecular weight excluding hydrogens is 448 g/mol. The summed E-state index contributed by atoms with van der Waals surface area (Å²) in [5.74, 6) is -1.45. The Labute approximate surface area is 202 Å². The van der Waals surface area contributed by atoms with E-state index < -0.39 is 5.97 Å². The van der Waals surface area contributed by atoms with E-state index >= 15 is 0 Å². The number of carbonyl (C=O) groups is 2. The van der Waals surface area contributed by atoms with Crippen LogP contribution < -0.4 is 4.90 Å². The molecule has 0 atom stereocenters. The number of anilines is 2. The molecule has 6 heteroatoms. The number of pyridine rings is 1. The van der Waals surface area contributed by atoms with Crippen molar-refractivity contribution >= 4 is 46.9 Å². The molecule has 1 heterocycles. The monoisotopic (exact) mass is 468 g/mol. The SMILES string of the molecule is CN(c1ccc(Cl)cc1)c1ccc(C(=O)c2ccc(/C=C\c3ccccc3)c(C(=O)O)c2)nc1. The number of halogens is 1. The fourth-order valence-electron chi connectivity index (χ4n) is 3.46. The van der Waals surface area contributed by atoms with Crippen molar-refractivity contribution in [1.29, 1.82) is 0 Å². The molecule has 0 aliphatic rings. The minimum atomic E-state index is -1.10. The molecule has 0 unspecified atom stereocenters. The summed E-state index contributed by atoms with van der Waals surface area (Å²) in [6, 6.07) is 25.0. The van der Waals surface area contributed by atoms with Gasteiger partial charge in [-0.3, -0.25) is 9.78 Å². The maximum atomic E-state index is 13.0. The van der Waals surface area contributed by atoms with Crippen LogP contribution >= 0.6 is 11.6 Å². The van der Waals surface area contributed by atoms with Gasteiger partial charge in [0, 0.05) is 23.3 Å². The van der Waals surface area contributed by atoms with Crippen molar-refractivity contribution in [1.82, 2.24) is 4.98 Å². The maximum Gasteiger partial charge on any atom is 0.336 e. The third-order valence-electron chi connectivity index (χ3n) is 5.38. The molecule has 0 bridgehead atoms. The van der Waals surface area contributed by atoms with Crippen molar-refractivity contribution in [3.63, 3.8) is 0 Å². The van der Waals surface area contributed by atoms with Gasteiger partial charge >= 0.3 is 5.97 Å². The molecule has 1 aromatic heterocycles. The molecule has 0 aliphatic carbocycles. The minimum absolute atomic E-state index is 0.0529. The number of benzene rings is 3. The van der Waals surface area contributed by atoms with E-state index in [2.05, 4.69) is 4.98 Å². The van der Waals surface area contributed by atoms with E-state index in [1.807, 2.05) is 60.5 Å². The van der Waals surface area contributed by atoms with Crippen LogP contribution in [0.25, 0.3) is 12.2 Å². The number of carboxylic acids is 1. The van der Waals surface area contributed by atoms with Crippen molar-refractivity contribution in [3.8, 4) is 0 Å². The predicted molar refractivity (Wildman–Crippen MR) is 136 cm³/mol. The number of aromatic nitrogens is 1. The molecule has 1 N–H and O–H groups in total. The summed E-state index contributed by atoms with van der Waals surface area (Å²) in [5, 5.41) is 10.3. The van der Waals surface area contributed by atoms with E-state index in [9.17, 15) is 14.7 Å². The average molecular weight is 469 g/mol. The van der Waals surface area contributed by atoms with Crippen LogP contribution in [0.2, 0.25) is 5.02 Å². The van der Waals surface area contributed by atoms with E-state index in [-0.39, 0.29) is 22.6 Å². The summed E-state index contributed by atoms with van der Waals surface area (Å²) in [4.78, 5) is 31.1. The number of hydrogen-bond donors (Lipinski definition) is 1. The molecule has 0 aliphatic heterocycles. The summed E-state index contributed by atoms with van der Waals surface area (Å²) in [6.45, 7) is 0. The van der Waals surface area contributed by atoms with Crippen LogP contribution in [0.15, 0.2) is 91.1 Å². The molecule has 0 spiro atoms. The topological polar surface area (TPSA) is 70.5 Å². The number of carboxylic acid groups (broad SMARTS) is 1. The molecule has 34 heavy (non-hydrogen) atoms. The number of nitrogens with zero attached hydrogens (tertiary/aromatic N) is 2. The lowest BCUT2D eigenvalue weighted by atomic mass is 9.99. The summed E-state index contributed by atoms with van der Waals surface area (Å²) in [7, 11) is 1.89. The normalized spacial score (nSPS) is 10.9. The van der Waals surface area contributed by atoms with Gasteiger partial charge in [-0.05, 0) is 53.6 Å². The van der Waals surface area contributed by atoms with Gasteiger partial charge in [0.25, 0.3) is 0 Å². The lowest BCUT2D eigenvalue weighted by molar-refractivity contribution is 0.0696. The Morgan fingerprint density at radius 2 is 1.59 bits per heavy atom. The van der Waals surface area contributed by atoms with Gasteiger partial charge in [0.15, 0.2) is 0 Å². The molecule has 0 saturated carbocycles. The average Bonchev–Trinajstić information content (AvgIpc) is 2.87. The van der Waals surface area contributed by atoms with E-state index in [1.165, 1.54) is 6.07 Å². The number of aromatic carboxylic acids is 1. The largest absolute Gasteiger partial charge is 0.478 e. The second kappa shape index (κ2) is 10.1. The van der Waals surface area contributed by atoms with Crippen molar-refractivity contribution in [2.24, 2.45) is 0 Å². The van der Waals surface area contributed by atoms with Gasteiger partial charge in [0.05, 0.1) is 17.4 Å². The standard InChI is InChI=1S/C28H21ClN2O3/c1-31(23-13-11-22(29)12-14-23)24-15-16-26(30-18-24)27(32)21-10-9-20(25(17-21)28(33)34)8-7-19-5-3-2-4-6-19/h2-18H,1H3,(H,33,34)/b8-7-. The smallest absolute Gasteiger partial charge is 0.336 e. The van der Waals surface area contributed by atoms with Gasteiger partial charge in [-0.25, -0.2) is 4.79 Å². The summed E-state index contributed by atoms with van der Waals surface area (Å²) in [6.07, 6.45) is 5.17. The van der Waals surface area contributed by atoms with Gasteiger partial charge in [0.1, 0.15) is 5.69 Å². The number of carbonyl (C=O) groups excluding carboxylic acids is 1. The Morgan fingerprint density at radius 1 is 0.882 bits per heavy atom. The van der Waals surface area contributed by atoms with Crippen molar-refractivity contribution in [3.05, 3.63) is 124 Å². The fourth-order valence-corrected chi connectivity index (χ4v) is 3.58. The van der Waals surface area contributed by atoms with Crippen LogP contribution in [0.4, 0.5) is 11.4 Å². The Bertz CT molecular complexity index is 1350. The molecule has 3 aromatic carbocycles. The highest BCUT2D eigenvalue weighted by molar-refractivity contribution is 6.30. The van der Waals surface area contributed by atoms with E-state index in [4.69, 9.17) is 11.6 Å². The van der Waals surface area contributed by atoms with Crippen LogP contribution in [0.5, 0.6) is 0 Å². The number of ketones is 1. The highest BCUT2D eigenvalue weighted by Gasteiger charge is 2.16. The number of hydrogen-bond acceptors (Lipinski definition) is 4. The summed E-state index contributed by atoms with van der Waals surface area (Å²) >= 11 is 5.95. The summed E-state index contributed by atoms with van der Waals surface area (Å²) < 4.78 is 0. The Kier molecular flexibility index (Phi) is 6.85. The Morgan fingerprint density at radius 3 is 2.24 bits per heavy atom. The van der Waals surface area contributed by atoms with E-state index in [0.29, 0.717) is 10.6 Å². The molecular formula is C28H21ClN2O3. The second-order valence-corrected chi connectivity index (χ2v) is 8.05. The third-order valence-corrected chi connectivity index (χ3v) is 5.63. The van der Waals surface area contributed by atoms with Gasteiger partial charge in [-0.2, -0.15) is 0 Å². The first-order valence-electron chi connectivity index (χ1n) is 10.5. The van der Waals surface area contributed by atoms with Crippen molar-refractivity contribution in [2.75, 3.05) is 11.9 Å². The van der Waals surface area contributed by atoms with Gasteiger partial charge in [-0.15, -0.1) is 0 Å². The first kappa shape index (κ1) is 23.0. The van der Waals surface area contributed by atoms with E-state index in [0.717, 1.165) is 16.9 Å². The lowest BCUT2D eigenvalue weighted by Crippen LogP contribution is -2.11. The van der Waals surface area contributed by atoms with Crippen LogP contribution in [-0.2, 0) is 0 Å². The van der Waals surface area contributed by atoms with Gasteiger partial charge in [0.2, 0.25) is 5.78 Å². The quantitative estimate of drug-likeness (QED) is 0.244. The Hall–Kier alpha value is -4.22. The fraction of sp³-hybridized carbons (Fsp3) is 0.0357. The van der Waals surface area contributed by atoms with Gasteiger partial charge < -0.3 is 10.0 Å². The molecule has 4 rings (SSSR count). The van der Waals surface area contributed by atoms with Crippen LogP contribution in [0.3, 0.4) is 0 Å².